The molecule has 0 bridgehead atoms. The van der Waals surface area contributed by atoms with Gasteiger partial charge in [0.2, 0.25) is 0 Å². The van der Waals surface area contributed by atoms with E-state index < -0.39 is 0 Å². The van der Waals surface area contributed by atoms with Crippen molar-refractivity contribution in [3.05, 3.63) is 58.9 Å². The van der Waals surface area contributed by atoms with E-state index in [9.17, 15) is 0 Å². The Balaban J connectivity index is 2.37. The molecule has 0 fully saturated rings. The van der Waals surface area contributed by atoms with Crippen LogP contribution in [0.15, 0.2) is 36.5 Å². The van der Waals surface area contributed by atoms with Crippen LogP contribution in [0.3, 0.4) is 0 Å². The summed E-state index contributed by atoms with van der Waals surface area (Å²) in [5, 5.41) is 0. The summed E-state index contributed by atoms with van der Waals surface area (Å²) in [6.07, 6.45) is 2.51. The highest BCUT2D eigenvalue weighted by molar-refractivity contribution is 5.45. The zero-order valence-corrected chi connectivity index (χ0v) is 12.2. The number of hydrazine groups is 1. The van der Waals surface area contributed by atoms with Crippen molar-refractivity contribution in [2.45, 2.75) is 26.3 Å². The molecule has 4 nitrogen and oxygen atoms in total. The maximum atomic E-state index is 5.75. The number of aryl methyl sites for hydroxylation is 2. The molecule has 0 aliphatic heterocycles. The van der Waals surface area contributed by atoms with Gasteiger partial charge in [0, 0.05) is 23.9 Å². The second kappa shape index (κ2) is 6.50. The minimum Gasteiger partial charge on any atom is -0.496 e. The summed E-state index contributed by atoms with van der Waals surface area (Å²) in [6.45, 7) is 4.14. The molecule has 0 aliphatic rings. The monoisotopic (exact) mass is 271 g/mol. The average Bonchev–Trinajstić information content (AvgIpc) is 2.45. The predicted octanol–water partition coefficient (Wildman–Crippen LogP) is 2.45. The van der Waals surface area contributed by atoms with Crippen LogP contribution in [0.5, 0.6) is 5.75 Å². The number of benzene rings is 1. The summed E-state index contributed by atoms with van der Waals surface area (Å²) in [7, 11) is 1.69. The molecule has 106 valence electrons. The van der Waals surface area contributed by atoms with Gasteiger partial charge in [0.25, 0.3) is 0 Å². The van der Waals surface area contributed by atoms with Gasteiger partial charge in [-0.1, -0.05) is 12.1 Å². The van der Waals surface area contributed by atoms with E-state index in [-0.39, 0.29) is 6.04 Å². The number of rotatable bonds is 5. The fourth-order valence-corrected chi connectivity index (χ4v) is 2.53. The van der Waals surface area contributed by atoms with Gasteiger partial charge in [-0.15, -0.1) is 0 Å². The molecule has 2 rings (SSSR count). The third-order valence-electron chi connectivity index (χ3n) is 3.40. The van der Waals surface area contributed by atoms with Crippen LogP contribution in [0, 0.1) is 13.8 Å². The predicted molar refractivity (Wildman–Crippen MR) is 80.5 cm³/mol. The molecule has 1 unspecified atom stereocenters. The fraction of sp³-hybridized carbons (Fsp3) is 0.312. The van der Waals surface area contributed by atoms with Crippen LogP contribution in [-0.4, -0.2) is 12.1 Å². The summed E-state index contributed by atoms with van der Waals surface area (Å²) < 4.78 is 5.51. The van der Waals surface area contributed by atoms with Crippen molar-refractivity contribution < 1.29 is 4.74 Å². The summed E-state index contributed by atoms with van der Waals surface area (Å²) in [5.74, 6) is 6.61. The minimum atomic E-state index is -0.0274. The second-order valence-corrected chi connectivity index (χ2v) is 4.94. The Hall–Kier alpha value is -1.91. The highest BCUT2D eigenvalue weighted by Crippen LogP contribution is 2.31. The fourth-order valence-electron chi connectivity index (χ4n) is 2.53. The number of nitrogens with two attached hydrogens (primary N) is 1. The topological polar surface area (TPSA) is 60.2 Å². The van der Waals surface area contributed by atoms with Crippen molar-refractivity contribution >= 4 is 0 Å². The molecule has 0 spiro atoms. The van der Waals surface area contributed by atoms with Gasteiger partial charge in [0.05, 0.1) is 13.2 Å². The summed E-state index contributed by atoms with van der Waals surface area (Å²) in [4.78, 5) is 4.36. The zero-order chi connectivity index (χ0) is 14.5. The SMILES string of the molecule is COc1cc(C)cc(C)c1C(Cc1ccccn1)NN. The van der Waals surface area contributed by atoms with E-state index in [0.29, 0.717) is 0 Å². The number of nitrogens with zero attached hydrogens (tertiary/aromatic N) is 1. The molecule has 0 aliphatic carbocycles. The number of aromatic nitrogens is 1. The highest BCUT2D eigenvalue weighted by Gasteiger charge is 2.18. The van der Waals surface area contributed by atoms with Gasteiger partial charge in [0.15, 0.2) is 0 Å². The van der Waals surface area contributed by atoms with E-state index >= 15 is 0 Å². The molecule has 0 radical (unpaired) electrons. The molecule has 1 atom stereocenters. The summed E-state index contributed by atoms with van der Waals surface area (Å²) in [5.41, 5.74) is 7.31. The molecule has 4 heteroatoms. The van der Waals surface area contributed by atoms with Gasteiger partial charge in [-0.3, -0.25) is 16.3 Å². The van der Waals surface area contributed by atoms with Gasteiger partial charge >= 0.3 is 0 Å². The van der Waals surface area contributed by atoms with Crippen molar-refractivity contribution in [3.63, 3.8) is 0 Å². The molecule has 0 saturated heterocycles. The van der Waals surface area contributed by atoms with Gasteiger partial charge in [-0.2, -0.15) is 0 Å². The molecule has 1 aromatic heterocycles. The lowest BCUT2D eigenvalue weighted by atomic mass is 9.95. The van der Waals surface area contributed by atoms with E-state index in [1.165, 1.54) is 11.1 Å². The third-order valence-corrected chi connectivity index (χ3v) is 3.40. The molecule has 20 heavy (non-hydrogen) atoms. The Kier molecular flexibility index (Phi) is 4.71. The molecule has 0 saturated carbocycles. The van der Waals surface area contributed by atoms with Crippen LogP contribution in [0.1, 0.15) is 28.4 Å². The molecule has 1 heterocycles. The summed E-state index contributed by atoms with van der Waals surface area (Å²) in [6, 6.07) is 10.0. The smallest absolute Gasteiger partial charge is 0.124 e. The first kappa shape index (κ1) is 14.5. The quantitative estimate of drug-likeness (QED) is 0.648. The van der Waals surface area contributed by atoms with E-state index in [1.54, 1.807) is 13.3 Å². The van der Waals surface area contributed by atoms with Crippen molar-refractivity contribution in [1.29, 1.82) is 0 Å². The van der Waals surface area contributed by atoms with Crippen LogP contribution in [0.2, 0.25) is 0 Å². The molecule has 1 aromatic carbocycles. The largest absolute Gasteiger partial charge is 0.496 e. The number of hydrogen-bond acceptors (Lipinski definition) is 4. The van der Waals surface area contributed by atoms with Gasteiger partial charge in [-0.05, 0) is 43.2 Å². The summed E-state index contributed by atoms with van der Waals surface area (Å²) >= 11 is 0. The van der Waals surface area contributed by atoms with Crippen LogP contribution in [0.25, 0.3) is 0 Å². The molecule has 0 amide bonds. The van der Waals surface area contributed by atoms with E-state index in [1.807, 2.05) is 24.3 Å². The lowest BCUT2D eigenvalue weighted by Gasteiger charge is -2.21. The van der Waals surface area contributed by atoms with Crippen molar-refractivity contribution in [3.8, 4) is 5.75 Å². The van der Waals surface area contributed by atoms with Crippen LogP contribution in [-0.2, 0) is 6.42 Å². The standard InChI is InChI=1S/C16H21N3O/c1-11-8-12(2)16(15(9-11)20-3)14(19-17)10-13-6-4-5-7-18-13/h4-9,14,19H,10,17H2,1-3H3. The number of methoxy groups -OCH3 is 1. The van der Waals surface area contributed by atoms with Crippen LogP contribution < -0.4 is 16.0 Å². The Morgan fingerprint density at radius 2 is 2.10 bits per heavy atom. The number of pyridine rings is 1. The lowest BCUT2D eigenvalue weighted by Crippen LogP contribution is -2.30. The second-order valence-electron chi connectivity index (χ2n) is 4.94. The maximum Gasteiger partial charge on any atom is 0.124 e. The third kappa shape index (κ3) is 3.15. The minimum absolute atomic E-state index is 0.0274. The van der Waals surface area contributed by atoms with E-state index in [0.717, 1.165) is 23.4 Å². The van der Waals surface area contributed by atoms with Gasteiger partial charge in [-0.25, -0.2) is 0 Å². The molecule has 2 aromatic rings. The van der Waals surface area contributed by atoms with E-state index in [4.69, 9.17) is 10.6 Å². The lowest BCUT2D eigenvalue weighted by molar-refractivity contribution is 0.397. The Bertz CT molecular complexity index is 569. The van der Waals surface area contributed by atoms with Gasteiger partial charge in [0.1, 0.15) is 5.75 Å². The zero-order valence-electron chi connectivity index (χ0n) is 12.2. The number of ether oxygens (including phenoxy) is 1. The first-order valence-corrected chi connectivity index (χ1v) is 6.67. The Labute approximate surface area is 120 Å². The molecular formula is C16H21N3O. The Morgan fingerprint density at radius 1 is 1.30 bits per heavy atom. The normalized spacial score (nSPS) is 12.2. The van der Waals surface area contributed by atoms with Crippen molar-refractivity contribution in [2.75, 3.05) is 7.11 Å². The van der Waals surface area contributed by atoms with E-state index in [2.05, 4.69) is 30.3 Å². The average molecular weight is 271 g/mol. The van der Waals surface area contributed by atoms with Crippen LogP contribution in [0.4, 0.5) is 0 Å². The van der Waals surface area contributed by atoms with Crippen LogP contribution >= 0.6 is 0 Å². The number of nitrogens with one attached hydrogen (secondary N) is 1. The molecule has 3 N–H and O–H groups in total. The van der Waals surface area contributed by atoms with Crippen molar-refractivity contribution in [2.24, 2.45) is 5.84 Å². The Morgan fingerprint density at radius 3 is 2.70 bits per heavy atom. The maximum absolute atomic E-state index is 5.75. The molecular weight excluding hydrogens is 250 g/mol. The number of hydrogen-bond donors (Lipinski definition) is 2. The first-order chi connectivity index (χ1) is 9.65. The van der Waals surface area contributed by atoms with Crippen molar-refractivity contribution in [1.82, 2.24) is 10.4 Å². The highest BCUT2D eigenvalue weighted by atomic mass is 16.5. The van der Waals surface area contributed by atoms with Gasteiger partial charge < -0.3 is 4.74 Å². The first-order valence-electron chi connectivity index (χ1n) is 6.67.